The minimum Gasteiger partial charge on any atom is -0.312 e. The van der Waals surface area contributed by atoms with Gasteiger partial charge in [-0.1, -0.05) is 20.8 Å². The Bertz CT molecular complexity index is 360. The summed E-state index contributed by atoms with van der Waals surface area (Å²) in [6.45, 7) is 6.14. The number of hydrogen-bond donors (Lipinski definition) is 1. The smallest absolute Gasteiger partial charge is 0.312 e. The Balaban J connectivity index is 2.94. The van der Waals surface area contributed by atoms with Crippen LogP contribution in [0.5, 0.6) is 0 Å². The molecule has 1 aromatic heterocycles. The molecular formula is C11H17F3N2S. The summed E-state index contributed by atoms with van der Waals surface area (Å²) >= 11 is 0.720. The second-order valence-electron chi connectivity index (χ2n) is 4.44. The summed E-state index contributed by atoms with van der Waals surface area (Å²) in [5.41, 5.74) is 0. The van der Waals surface area contributed by atoms with E-state index in [1.54, 1.807) is 7.05 Å². The Morgan fingerprint density at radius 3 is 2.24 bits per heavy atom. The van der Waals surface area contributed by atoms with Gasteiger partial charge in [-0.05, 0) is 18.9 Å². The first-order valence-electron chi connectivity index (χ1n) is 5.47. The van der Waals surface area contributed by atoms with Crippen LogP contribution in [0.2, 0.25) is 0 Å². The molecule has 0 saturated heterocycles. The molecule has 2 unspecified atom stereocenters. The van der Waals surface area contributed by atoms with E-state index in [0.29, 0.717) is 10.8 Å². The average Bonchev–Trinajstić information content (AvgIpc) is 2.67. The normalized spacial score (nSPS) is 16.2. The van der Waals surface area contributed by atoms with Crippen LogP contribution in [-0.2, 0) is 6.18 Å². The van der Waals surface area contributed by atoms with Crippen LogP contribution in [0.1, 0.15) is 36.7 Å². The van der Waals surface area contributed by atoms with Gasteiger partial charge in [0.15, 0.2) is 5.01 Å². The summed E-state index contributed by atoms with van der Waals surface area (Å²) in [5, 5.41) is 2.29. The number of nitrogens with zero attached hydrogens (tertiary/aromatic N) is 1. The van der Waals surface area contributed by atoms with Gasteiger partial charge in [-0.2, -0.15) is 13.2 Å². The molecule has 1 rings (SSSR count). The number of rotatable bonds is 4. The number of thiazole rings is 1. The lowest BCUT2D eigenvalue weighted by Gasteiger charge is -2.25. The first kappa shape index (κ1) is 14.4. The fraction of sp³-hybridized carbons (Fsp3) is 0.727. The van der Waals surface area contributed by atoms with Crippen LogP contribution >= 0.6 is 11.3 Å². The first-order chi connectivity index (χ1) is 7.77. The van der Waals surface area contributed by atoms with Crippen molar-refractivity contribution in [1.82, 2.24) is 10.3 Å². The minimum atomic E-state index is -4.34. The van der Waals surface area contributed by atoms with E-state index in [-0.39, 0.29) is 12.0 Å². The monoisotopic (exact) mass is 266 g/mol. The van der Waals surface area contributed by atoms with Crippen molar-refractivity contribution in [2.45, 2.75) is 33.0 Å². The second kappa shape index (κ2) is 5.35. The Morgan fingerprint density at radius 2 is 1.88 bits per heavy atom. The zero-order chi connectivity index (χ0) is 13.2. The van der Waals surface area contributed by atoms with E-state index in [9.17, 15) is 13.2 Å². The van der Waals surface area contributed by atoms with E-state index < -0.39 is 11.2 Å². The molecule has 0 spiro atoms. The van der Waals surface area contributed by atoms with Gasteiger partial charge in [0, 0.05) is 17.1 Å². The number of halogens is 3. The van der Waals surface area contributed by atoms with Crippen LogP contribution in [0.3, 0.4) is 0 Å². The average molecular weight is 266 g/mol. The largest absolute Gasteiger partial charge is 0.443 e. The lowest BCUT2D eigenvalue weighted by atomic mass is 9.90. The van der Waals surface area contributed by atoms with Gasteiger partial charge in [-0.25, -0.2) is 4.98 Å². The van der Waals surface area contributed by atoms with Crippen LogP contribution < -0.4 is 5.32 Å². The van der Waals surface area contributed by atoms with Gasteiger partial charge in [0.25, 0.3) is 0 Å². The van der Waals surface area contributed by atoms with Gasteiger partial charge in [0.1, 0.15) is 0 Å². The molecule has 0 aliphatic carbocycles. The Kier molecular flexibility index (Phi) is 4.55. The molecule has 1 aromatic rings. The molecule has 6 heteroatoms. The molecule has 0 aliphatic heterocycles. The summed E-state index contributed by atoms with van der Waals surface area (Å²) in [6.07, 6.45) is -3.02. The Labute approximate surface area is 103 Å². The molecule has 0 radical (unpaired) electrons. The first-order valence-corrected chi connectivity index (χ1v) is 6.29. The predicted molar refractivity (Wildman–Crippen MR) is 62.9 cm³/mol. The molecule has 17 heavy (non-hydrogen) atoms. The summed E-state index contributed by atoms with van der Waals surface area (Å²) < 4.78 is 37.4. The van der Waals surface area contributed by atoms with Crippen molar-refractivity contribution in [3.05, 3.63) is 16.1 Å². The summed E-state index contributed by atoms with van der Waals surface area (Å²) in [5.74, 6) is 0.644. The zero-order valence-electron chi connectivity index (χ0n) is 10.3. The van der Waals surface area contributed by atoms with E-state index in [0.717, 1.165) is 11.3 Å². The van der Waals surface area contributed by atoms with Crippen molar-refractivity contribution in [2.75, 3.05) is 7.05 Å². The lowest BCUT2D eigenvalue weighted by molar-refractivity contribution is -0.137. The van der Waals surface area contributed by atoms with Crippen molar-refractivity contribution in [2.24, 2.45) is 11.8 Å². The molecule has 0 aliphatic rings. The number of nitrogens with one attached hydrogen (secondary N) is 1. The quantitative estimate of drug-likeness (QED) is 0.898. The Hall–Kier alpha value is -0.620. The SMILES string of the molecule is CNC(c1cnc(C(F)(F)F)s1)C(C)C(C)C. The molecule has 1 N–H and O–H groups in total. The third kappa shape index (κ3) is 3.42. The van der Waals surface area contributed by atoms with Crippen LogP contribution in [0, 0.1) is 11.8 Å². The number of alkyl halides is 3. The van der Waals surface area contributed by atoms with E-state index in [4.69, 9.17) is 0 Å². The molecule has 1 heterocycles. The molecule has 98 valence electrons. The van der Waals surface area contributed by atoms with Crippen molar-refractivity contribution >= 4 is 11.3 Å². The summed E-state index contributed by atoms with van der Waals surface area (Å²) in [7, 11) is 1.76. The molecule has 0 aromatic carbocycles. The predicted octanol–water partition coefficient (Wildman–Crippen LogP) is 3.71. The summed E-state index contributed by atoms with van der Waals surface area (Å²) in [6, 6.07) is -0.0800. The molecular weight excluding hydrogens is 249 g/mol. The fourth-order valence-electron chi connectivity index (χ4n) is 1.61. The topological polar surface area (TPSA) is 24.9 Å². The van der Waals surface area contributed by atoms with Crippen LogP contribution in [0.25, 0.3) is 0 Å². The zero-order valence-corrected chi connectivity index (χ0v) is 11.1. The number of hydrogen-bond acceptors (Lipinski definition) is 3. The lowest BCUT2D eigenvalue weighted by Crippen LogP contribution is -2.25. The number of aromatic nitrogens is 1. The highest BCUT2D eigenvalue weighted by molar-refractivity contribution is 7.11. The van der Waals surface area contributed by atoms with Crippen LogP contribution in [0.15, 0.2) is 6.20 Å². The van der Waals surface area contributed by atoms with Gasteiger partial charge in [0.2, 0.25) is 0 Å². The maximum atomic E-state index is 12.5. The molecule has 2 nitrogen and oxygen atoms in total. The minimum absolute atomic E-state index is 0.0800. The van der Waals surface area contributed by atoms with Gasteiger partial charge in [-0.3, -0.25) is 0 Å². The molecule has 0 saturated carbocycles. The van der Waals surface area contributed by atoms with Crippen LogP contribution in [-0.4, -0.2) is 12.0 Å². The van der Waals surface area contributed by atoms with Gasteiger partial charge >= 0.3 is 6.18 Å². The second-order valence-corrected chi connectivity index (χ2v) is 5.50. The van der Waals surface area contributed by atoms with Crippen LogP contribution in [0.4, 0.5) is 13.2 Å². The Morgan fingerprint density at radius 1 is 1.29 bits per heavy atom. The van der Waals surface area contributed by atoms with Gasteiger partial charge < -0.3 is 5.32 Å². The van der Waals surface area contributed by atoms with Gasteiger partial charge in [-0.15, -0.1) is 11.3 Å². The molecule has 0 bridgehead atoms. The van der Waals surface area contributed by atoms with E-state index in [1.165, 1.54) is 6.20 Å². The molecule has 0 fully saturated rings. The summed E-state index contributed by atoms with van der Waals surface area (Å²) in [4.78, 5) is 4.09. The standard InChI is InChI=1S/C11H17F3N2S/c1-6(2)7(3)9(15-4)8-5-16-10(17-8)11(12,13)14/h5-7,9,15H,1-4H3. The third-order valence-corrected chi connectivity index (χ3v) is 4.09. The van der Waals surface area contributed by atoms with E-state index in [2.05, 4.69) is 24.1 Å². The molecule has 0 amide bonds. The van der Waals surface area contributed by atoms with E-state index >= 15 is 0 Å². The van der Waals surface area contributed by atoms with Crippen molar-refractivity contribution < 1.29 is 13.2 Å². The highest BCUT2D eigenvalue weighted by Crippen LogP contribution is 2.37. The van der Waals surface area contributed by atoms with Crippen molar-refractivity contribution in [3.8, 4) is 0 Å². The maximum absolute atomic E-state index is 12.5. The van der Waals surface area contributed by atoms with Crippen molar-refractivity contribution in [3.63, 3.8) is 0 Å². The molecule has 2 atom stereocenters. The highest BCUT2D eigenvalue weighted by Gasteiger charge is 2.35. The maximum Gasteiger partial charge on any atom is 0.443 e. The fourth-order valence-corrected chi connectivity index (χ4v) is 2.62. The highest BCUT2D eigenvalue weighted by atomic mass is 32.1. The van der Waals surface area contributed by atoms with Crippen molar-refractivity contribution in [1.29, 1.82) is 0 Å². The third-order valence-electron chi connectivity index (χ3n) is 2.96. The van der Waals surface area contributed by atoms with E-state index in [1.807, 2.05) is 6.92 Å². The van der Waals surface area contributed by atoms with Gasteiger partial charge in [0.05, 0.1) is 0 Å².